The van der Waals surface area contributed by atoms with E-state index in [1.807, 2.05) is 43.7 Å². The molecule has 34 heavy (non-hydrogen) atoms. The van der Waals surface area contributed by atoms with E-state index in [1.165, 1.54) is 11.3 Å². The average Bonchev–Trinajstić information content (AvgIpc) is 3.09. The monoisotopic (exact) mass is 497 g/mol. The van der Waals surface area contributed by atoms with Gasteiger partial charge in [0.2, 0.25) is 5.91 Å². The average molecular weight is 498 g/mol. The largest absolute Gasteiger partial charge is 0.386 e. The molecule has 0 spiro atoms. The van der Waals surface area contributed by atoms with Crippen molar-refractivity contribution in [1.29, 1.82) is 0 Å². The quantitative estimate of drug-likeness (QED) is 0.539. The van der Waals surface area contributed by atoms with Gasteiger partial charge in [-0.05, 0) is 50.3 Å². The van der Waals surface area contributed by atoms with E-state index in [4.69, 9.17) is 26.1 Å². The number of imidazole rings is 1. The Morgan fingerprint density at radius 3 is 2.82 bits per heavy atom. The van der Waals surface area contributed by atoms with E-state index < -0.39 is 11.2 Å². The summed E-state index contributed by atoms with van der Waals surface area (Å²) in [4.78, 5) is 23.4. The lowest BCUT2D eigenvalue weighted by atomic mass is 9.98. The second-order valence-corrected chi connectivity index (χ2v) is 11.1. The summed E-state index contributed by atoms with van der Waals surface area (Å²) in [5.74, 6) is 5.62. The molecule has 5 atom stereocenters. The molecule has 0 aromatic carbocycles. The van der Waals surface area contributed by atoms with Crippen LogP contribution in [0.15, 0.2) is 24.5 Å². The van der Waals surface area contributed by atoms with Gasteiger partial charge in [-0.15, -0.1) is 11.3 Å². The van der Waals surface area contributed by atoms with Crippen LogP contribution in [0.2, 0.25) is 4.34 Å². The molecule has 3 aromatic rings. The van der Waals surface area contributed by atoms with Crippen LogP contribution in [0.1, 0.15) is 36.9 Å². The zero-order valence-corrected chi connectivity index (χ0v) is 20.8. The predicted octanol–water partition coefficient (Wildman–Crippen LogP) is 3.41. The van der Waals surface area contributed by atoms with Crippen LogP contribution in [0, 0.1) is 23.2 Å². The van der Waals surface area contributed by atoms with Crippen LogP contribution in [-0.2, 0) is 14.3 Å². The fraction of sp³-hybridized carbons (Fsp3) is 0.458. The highest BCUT2D eigenvalue weighted by Gasteiger charge is 2.79. The van der Waals surface area contributed by atoms with Gasteiger partial charge in [0, 0.05) is 20.0 Å². The van der Waals surface area contributed by atoms with E-state index in [-0.39, 0.29) is 30.1 Å². The molecule has 0 bridgehead atoms. The third kappa shape index (κ3) is 3.09. The van der Waals surface area contributed by atoms with Crippen molar-refractivity contribution >= 4 is 45.7 Å². The van der Waals surface area contributed by atoms with Gasteiger partial charge in [0.05, 0.1) is 32.7 Å². The van der Waals surface area contributed by atoms with Crippen molar-refractivity contribution < 1.29 is 14.3 Å². The number of thiophene rings is 1. The van der Waals surface area contributed by atoms with E-state index in [0.29, 0.717) is 15.7 Å². The number of hydrogen-bond acceptors (Lipinski definition) is 7. The van der Waals surface area contributed by atoms with Gasteiger partial charge in [-0.1, -0.05) is 11.6 Å². The number of anilines is 1. The minimum absolute atomic E-state index is 0.00533. The van der Waals surface area contributed by atoms with Crippen LogP contribution >= 0.6 is 22.9 Å². The molecular formula is C24H24ClN5O3S. The number of carbonyl (C=O) groups excluding carboxylic acids is 1. The number of carbonyl (C=O) groups is 1. The van der Waals surface area contributed by atoms with Gasteiger partial charge in [0.1, 0.15) is 23.4 Å². The number of rotatable bonds is 3. The molecule has 3 fully saturated rings. The Morgan fingerprint density at radius 2 is 2.12 bits per heavy atom. The highest BCUT2D eigenvalue weighted by atomic mass is 35.5. The number of nitrogens with zero attached hydrogens (tertiary/aromatic N) is 3. The molecule has 3 aliphatic rings. The zero-order chi connectivity index (χ0) is 23.8. The Morgan fingerprint density at radius 1 is 1.29 bits per heavy atom. The van der Waals surface area contributed by atoms with Crippen molar-refractivity contribution in [1.82, 2.24) is 19.9 Å². The summed E-state index contributed by atoms with van der Waals surface area (Å²) in [5.41, 5.74) is 2.33. The first-order valence-electron chi connectivity index (χ1n) is 11.2. The number of fused-ring (bicyclic) bond motifs is 4. The first-order valence-corrected chi connectivity index (χ1v) is 12.4. The maximum absolute atomic E-state index is 13.0. The fourth-order valence-electron chi connectivity index (χ4n) is 5.69. The van der Waals surface area contributed by atoms with E-state index in [1.54, 1.807) is 13.4 Å². The summed E-state index contributed by atoms with van der Waals surface area (Å²) in [7, 11) is 3.53. The van der Waals surface area contributed by atoms with E-state index in [2.05, 4.69) is 27.5 Å². The summed E-state index contributed by atoms with van der Waals surface area (Å²) in [6.07, 6.45) is 1.95. The normalized spacial score (nSPS) is 30.4. The molecule has 5 unspecified atom stereocenters. The van der Waals surface area contributed by atoms with Gasteiger partial charge in [0.25, 0.3) is 0 Å². The number of nitrogens with one attached hydrogen (secondary N) is 2. The number of aromatic nitrogens is 3. The van der Waals surface area contributed by atoms with Gasteiger partial charge < -0.3 is 24.7 Å². The number of amides is 1. The lowest BCUT2D eigenvalue weighted by Crippen LogP contribution is -2.40. The van der Waals surface area contributed by atoms with Crippen LogP contribution in [0.5, 0.6) is 0 Å². The lowest BCUT2D eigenvalue weighted by molar-refractivity contribution is -0.164. The molecule has 2 N–H and O–H groups in total. The summed E-state index contributed by atoms with van der Waals surface area (Å²) in [6, 6.07) is 5.50. The Balaban J connectivity index is 1.45. The maximum Gasteiger partial charge on any atom is 0.229 e. The number of halogens is 1. The molecule has 2 saturated carbocycles. The van der Waals surface area contributed by atoms with Crippen LogP contribution < -0.4 is 10.6 Å². The van der Waals surface area contributed by atoms with Crippen molar-refractivity contribution in [2.45, 2.75) is 44.3 Å². The molecule has 3 aromatic heterocycles. The molecule has 176 valence electrons. The lowest BCUT2D eigenvalue weighted by Gasteiger charge is -2.24. The predicted molar refractivity (Wildman–Crippen MR) is 130 cm³/mol. The molecule has 10 heteroatoms. The third-order valence-electron chi connectivity index (χ3n) is 7.10. The van der Waals surface area contributed by atoms with Gasteiger partial charge in [-0.2, -0.15) is 0 Å². The first-order chi connectivity index (χ1) is 16.3. The molecule has 1 saturated heterocycles. The van der Waals surface area contributed by atoms with E-state index >= 15 is 0 Å². The van der Waals surface area contributed by atoms with Crippen molar-refractivity contribution in [2.75, 3.05) is 19.4 Å². The summed E-state index contributed by atoms with van der Waals surface area (Å²) >= 11 is 7.46. The summed E-state index contributed by atoms with van der Waals surface area (Å²) in [6.45, 7) is 3.79. The van der Waals surface area contributed by atoms with Crippen LogP contribution in [0.25, 0.3) is 11.2 Å². The molecule has 6 rings (SSSR count). The second kappa shape index (κ2) is 7.43. The number of hydrogen-bond donors (Lipinski definition) is 2. The zero-order valence-electron chi connectivity index (χ0n) is 19.2. The first kappa shape index (κ1) is 21.9. The Bertz CT molecular complexity index is 1390. The SMILES string of the molecule is CNC(=O)C12CC1C(n1cnc3c(NC)cc(C#Cc4ccc(Cl)s4)nc31)C1OC(C)(C)OC12. The van der Waals surface area contributed by atoms with Gasteiger partial charge in [-0.25, -0.2) is 9.97 Å². The maximum atomic E-state index is 13.0. The Hall–Kier alpha value is -2.64. The summed E-state index contributed by atoms with van der Waals surface area (Å²) in [5, 5.41) is 6.05. The van der Waals surface area contributed by atoms with Crippen LogP contribution in [0.4, 0.5) is 5.69 Å². The highest BCUT2D eigenvalue weighted by molar-refractivity contribution is 7.16. The van der Waals surface area contributed by atoms with E-state index in [0.717, 1.165) is 22.5 Å². The molecular weight excluding hydrogens is 474 g/mol. The van der Waals surface area contributed by atoms with Crippen LogP contribution in [-0.4, -0.2) is 52.5 Å². The van der Waals surface area contributed by atoms with E-state index in [9.17, 15) is 4.79 Å². The minimum Gasteiger partial charge on any atom is -0.386 e. The summed E-state index contributed by atoms with van der Waals surface area (Å²) < 4.78 is 15.4. The van der Waals surface area contributed by atoms with Crippen molar-refractivity contribution in [3.05, 3.63) is 39.4 Å². The molecule has 4 heterocycles. The molecule has 0 radical (unpaired) electrons. The van der Waals surface area contributed by atoms with Crippen molar-refractivity contribution in [2.24, 2.45) is 11.3 Å². The molecule has 2 aliphatic carbocycles. The minimum atomic E-state index is -0.763. The fourth-order valence-corrected chi connectivity index (χ4v) is 6.58. The highest BCUT2D eigenvalue weighted by Crippen LogP contribution is 2.71. The van der Waals surface area contributed by atoms with Crippen molar-refractivity contribution in [3.63, 3.8) is 0 Å². The third-order valence-corrected chi connectivity index (χ3v) is 8.25. The molecule has 1 amide bonds. The standard InChI is InChI=1S/C24H24ClN5O3S/c1-23(2)32-19-18(14-10-24(14,20(19)33-23)22(31)27-4)30-11-28-17-15(26-3)9-12(29-21(17)30)5-6-13-7-8-16(25)34-13/h7-9,11,14,18-20H,10H2,1-4H3,(H,26,29)(H,27,31). The van der Waals surface area contributed by atoms with Gasteiger partial charge >= 0.3 is 0 Å². The molecule has 8 nitrogen and oxygen atoms in total. The second-order valence-electron chi connectivity index (χ2n) is 9.42. The Kier molecular flexibility index (Phi) is 4.78. The van der Waals surface area contributed by atoms with Crippen LogP contribution in [0.3, 0.4) is 0 Å². The van der Waals surface area contributed by atoms with Gasteiger partial charge in [0.15, 0.2) is 11.4 Å². The van der Waals surface area contributed by atoms with Crippen molar-refractivity contribution in [3.8, 4) is 11.8 Å². The topological polar surface area (TPSA) is 90.3 Å². The smallest absolute Gasteiger partial charge is 0.229 e. The van der Waals surface area contributed by atoms with Gasteiger partial charge in [-0.3, -0.25) is 4.79 Å². The number of ether oxygens (including phenoxy) is 2. The number of pyridine rings is 1. The molecule has 1 aliphatic heterocycles. The Labute approximate surface area is 206 Å².